The summed E-state index contributed by atoms with van der Waals surface area (Å²) in [6, 6.07) is 20.3. The predicted octanol–water partition coefficient (Wildman–Crippen LogP) is 7.26. The highest BCUT2D eigenvalue weighted by molar-refractivity contribution is 6.31. The van der Waals surface area contributed by atoms with Crippen molar-refractivity contribution in [2.75, 3.05) is 0 Å². The van der Waals surface area contributed by atoms with E-state index < -0.39 is 24.0 Å². The van der Waals surface area contributed by atoms with E-state index in [1.165, 1.54) is 19.1 Å². The Labute approximate surface area is 207 Å². The first-order valence-electron chi connectivity index (χ1n) is 11.1. The molecule has 1 aliphatic rings. The van der Waals surface area contributed by atoms with Gasteiger partial charge in [0.25, 0.3) is 0 Å². The quantitative estimate of drug-likeness (QED) is 0.323. The van der Waals surface area contributed by atoms with Crippen LogP contribution >= 0.6 is 11.6 Å². The Balaban J connectivity index is 1.52. The summed E-state index contributed by atoms with van der Waals surface area (Å²) in [6.45, 7) is 1.54. The highest BCUT2D eigenvalue weighted by Gasteiger charge is 2.26. The van der Waals surface area contributed by atoms with Crippen molar-refractivity contribution in [3.05, 3.63) is 111 Å². The molecule has 0 spiro atoms. The Morgan fingerprint density at radius 3 is 2.60 bits per heavy atom. The zero-order valence-electron chi connectivity index (χ0n) is 18.8. The second-order valence-corrected chi connectivity index (χ2v) is 8.78. The zero-order chi connectivity index (χ0) is 24.5. The van der Waals surface area contributed by atoms with E-state index in [0.717, 1.165) is 27.8 Å². The molecule has 4 nitrogen and oxygen atoms in total. The molecule has 2 unspecified atom stereocenters. The lowest BCUT2D eigenvalue weighted by Gasteiger charge is -2.23. The van der Waals surface area contributed by atoms with Crippen molar-refractivity contribution in [1.82, 2.24) is 4.98 Å². The third-order valence-corrected chi connectivity index (χ3v) is 6.29. The summed E-state index contributed by atoms with van der Waals surface area (Å²) in [7, 11) is 0. The normalized spacial score (nSPS) is 15.6. The fourth-order valence-electron chi connectivity index (χ4n) is 4.14. The van der Waals surface area contributed by atoms with E-state index in [-0.39, 0.29) is 5.02 Å². The number of benzene rings is 3. The van der Waals surface area contributed by atoms with E-state index in [1.54, 1.807) is 6.07 Å². The van der Waals surface area contributed by atoms with Crippen LogP contribution in [0, 0.1) is 5.82 Å². The van der Waals surface area contributed by atoms with E-state index in [9.17, 15) is 14.3 Å². The molecular weight excluding hydrogens is 465 g/mol. The van der Waals surface area contributed by atoms with Gasteiger partial charge in [-0.15, -0.1) is 0 Å². The van der Waals surface area contributed by atoms with Crippen molar-refractivity contribution in [2.24, 2.45) is 0 Å². The number of fused-ring (bicyclic) bond motifs is 3. The third-order valence-electron chi connectivity index (χ3n) is 6.00. The fourth-order valence-corrected chi connectivity index (χ4v) is 4.30. The number of nitrogens with zero attached hydrogens (tertiary/aromatic N) is 1. The molecule has 0 saturated carbocycles. The van der Waals surface area contributed by atoms with E-state index in [1.807, 2.05) is 72.8 Å². The van der Waals surface area contributed by atoms with Crippen molar-refractivity contribution in [3.63, 3.8) is 0 Å². The Morgan fingerprint density at radius 2 is 1.80 bits per heavy atom. The summed E-state index contributed by atoms with van der Waals surface area (Å²) in [6.07, 6.45) is 6.32. The minimum absolute atomic E-state index is 0.0341. The van der Waals surface area contributed by atoms with Crippen LogP contribution in [0.1, 0.15) is 46.5 Å². The van der Waals surface area contributed by atoms with Gasteiger partial charge in [-0.25, -0.2) is 14.2 Å². The van der Waals surface area contributed by atoms with Gasteiger partial charge in [-0.05, 0) is 65.1 Å². The van der Waals surface area contributed by atoms with Crippen LogP contribution in [-0.2, 0) is 9.53 Å². The first-order valence-corrected chi connectivity index (χ1v) is 11.5. The van der Waals surface area contributed by atoms with Gasteiger partial charge in [0.2, 0.25) is 0 Å². The summed E-state index contributed by atoms with van der Waals surface area (Å²) in [5.74, 6) is -1.49. The number of halogens is 2. The van der Waals surface area contributed by atoms with Crippen LogP contribution in [0.2, 0.25) is 5.02 Å². The second kappa shape index (κ2) is 9.45. The largest absolute Gasteiger partial charge is 0.479 e. The Kier molecular flexibility index (Phi) is 6.20. The Morgan fingerprint density at radius 1 is 1.03 bits per heavy atom. The van der Waals surface area contributed by atoms with Gasteiger partial charge in [-0.3, -0.25) is 0 Å². The van der Waals surface area contributed by atoms with Gasteiger partial charge in [-0.2, -0.15) is 0 Å². The highest BCUT2D eigenvalue weighted by Crippen LogP contribution is 2.37. The zero-order valence-corrected chi connectivity index (χ0v) is 19.5. The molecule has 6 heteroatoms. The number of pyridine rings is 1. The minimum Gasteiger partial charge on any atom is -0.479 e. The number of ether oxygens (including phenoxy) is 1. The van der Waals surface area contributed by atoms with Gasteiger partial charge in [0.15, 0.2) is 6.10 Å². The Bertz CT molecular complexity index is 1510. The number of aromatic nitrogens is 1. The van der Waals surface area contributed by atoms with E-state index in [2.05, 4.69) is 4.98 Å². The summed E-state index contributed by atoms with van der Waals surface area (Å²) in [5, 5.41) is 10.2. The molecule has 4 aromatic rings. The van der Waals surface area contributed by atoms with Crippen LogP contribution in [-0.4, -0.2) is 22.2 Å². The van der Waals surface area contributed by atoms with Crippen molar-refractivity contribution in [3.8, 4) is 0 Å². The number of carboxylic acids is 1. The molecule has 0 amide bonds. The maximum Gasteiger partial charge on any atom is 0.332 e. The Hall–Kier alpha value is -3.80. The molecule has 35 heavy (non-hydrogen) atoms. The maximum absolute atomic E-state index is 13.7. The van der Waals surface area contributed by atoms with Crippen molar-refractivity contribution in [2.45, 2.75) is 19.1 Å². The lowest BCUT2D eigenvalue weighted by atomic mass is 9.94. The molecule has 0 aliphatic heterocycles. The van der Waals surface area contributed by atoms with E-state index in [0.29, 0.717) is 16.6 Å². The van der Waals surface area contributed by atoms with Crippen molar-refractivity contribution >= 4 is 52.8 Å². The van der Waals surface area contributed by atoms with Gasteiger partial charge in [0, 0.05) is 5.39 Å². The first-order chi connectivity index (χ1) is 16.9. The molecule has 0 saturated heterocycles. The molecule has 3 aromatic carbocycles. The number of aliphatic carboxylic acids is 1. The predicted molar refractivity (Wildman–Crippen MR) is 137 cm³/mol. The molecule has 1 aromatic heterocycles. The molecule has 1 aliphatic carbocycles. The second-order valence-electron chi connectivity index (χ2n) is 8.38. The summed E-state index contributed by atoms with van der Waals surface area (Å²) in [4.78, 5) is 16.1. The molecule has 0 fully saturated rings. The first kappa shape index (κ1) is 23.0. The summed E-state index contributed by atoms with van der Waals surface area (Å²) < 4.78 is 19.8. The highest BCUT2D eigenvalue weighted by atomic mass is 35.5. The van der Waals surface area contributed by atoms with Crippen LogP contribution in [0.25, 0.3) is 35.2 Å². The van der Waals surface area contributed by atoms with Gasteiger partial charge < -0.3 is 9.84 Å². The van der Waals surface area contributed by atoms with Crippen molar-refractivity contribution < 1.29 is 19.0 Å². The van der Waals surface area contributed by atoms with Crippen LogP contribution in [0.5, 0.6) is 0 Å². The third kappa shape index (κ3) is 4.74. The monoisotopic (exact) mass is 485 g/mol. The lowest BCUT2D eigenvalue weighted by Crippen LogP contribution is -2.23. The van der Waals surface area contributed by atoms with Crippen LogP contribution < -0.4 is 0 Å². The van der Waals surface area contributed by atoms with Crippen molar-refractivity contribution in [1.29, 1.82) is 0 Å². The summed E-state index contributed by atoms with van der Waals surface area (Å²) >= 11 is 5.91. The van der Waals surface area contributed by atoms with Crippen LogP contribution in [0.3, 0.4) is 0 Å². The standard InChI is InChI=1S/C29H21ClFNO3/c1-17(29(33)34)35-28-23-5-3-2-4-19(23)9-10-20-8-6-18(14-24(20)28)7-12-22-13-11-21-15-26(31)25(30)16-27(21)32-22/h2-17,28H,1H3,(H,33,34). The average molecular weight is 486 g/mol. The lowest BCUT2D eigenvalue weighted by molar-refractivity contribution is -0.151. The van der Waals surface area contributed by atoms with Crippen LogP contribution in [0.15, 0.2) is 66.7 Å². The SMILES string of the molecule is CC(OC1c2ccccc2C=Cc2ccc(C=Cc3ccc4cc(F)c(Cl)cc4n3)cc21)C(=O)O. The molecule has 1 heterocycles. The van der Waals surface area contributed by atoms with Gasteiger partial charge in [-0.1, -0.05) is 72.3 Å². The number of hydrogen-bond donors (Lipinski definition) is 1. The van der Waals surface area contributed by atoms with Gasteiger partial charge >= 0.3 is 5.97 Å². The topological polar surface area (TPSA) is 59.4 Å². The van der Waals surface area contributed by atoms with Gasteiger partial charge in [0.1, 0.15) is 11.9 Å². The van der Waals surface area contributed by atoms with Crippen LogP contribution in [0.4, 0.5) is 4.39 Å². The maximum atomic E-state index is 13.7. The minimum atomic E-state index is -1.01. The molecule has 5 rings (SSSR count). The molecule has 0 radical (unpaired) electrons. The molecule has 2 atom stereocenters. The average Bonchev–Trinajstić information content (AvgIpc) is 3.00. The number of carboxylic acid groups (broad SMARTS) is 1. The smallest absolute Gasteiger partial charge is 0.332 e. The number of rotatable bonds is 5. The number of carbonyl (C=O) groups is 1. The molecule has 1 N–H and O–H groups in total. The molecular formula is C29H21ClFNO3. The van der Waals surface area contributed by atoms with E-state index in [4.69, 9.17) is 16.3 Å². The molecule has 0 bridgehead atoms. The van der Waals surface area contributed by atoms with E-state index >= 15 is 0 Å². The fraction of sp³-hybridized carbons (Fsp3) is 0.103. The van der Waals surface area contributed by atoms with Gasteiger partial charge in [0.05, 0.1) is 16.2 Å². The number of hydrogen-bond acceptors (Lipinski definition) is 3. The molecule has 174 valence electrons. The summed E-state index contributed by atoms with van der Waals surface area (Å²) in [5.41, 5.74) is 5.96.